The van der Waals surface area contributed by atoms with Crippen LogP contribution in [-0.2, 0) is 6.54 Å². The lowest BCUT2D eigenvalue weighted by atomic mass is 10.2. The number of rotatable bonds is 4. The second-order valence-corrected chi connectivity index (χ2v) is 4.14. The molecule has 94 valence electrons. The van der Waals surface area contributed by atoms with Crippen LogP contribution in [0.4, 0.5) is 17.3 Å². The average Bonchev–Trinajstić information content (AvgIpc) is 2.39. The molecule has 0 radical (unpaired) electrons. The Hall–Kier alpha value is -2.14. The van der Waals surface area contributed by atoms with Crippen LogP contribution in [0.5, 0.6) is 0 Å². The Morgan fingerprint density at radius 3 is 2.50 bits per heavy atom. The van der Waals surface area contributed by atoms with Gasteiger partial charge in [-0.15, -0.1) is 0 Å². The molecule has 18 heavy (non-hydrogen) atoms. The van der Waals surface area contributed by atoms with Crippen molar-refractivity contribution in [1.82, 2.24) is 9.97 Å². The molecule has 1 aromatic carbocycles. The van der Waals surface area contributed by atoms with Crippen LogP contribution < -0.4 is 16.0 Å². The number of nitrogens with two attached hydrogens (primary N) is 1. The number of nitrogens with one attached hydrogen (secondary N) is 1. The van der Waals surface area contributed by atoms with E-state index in [4.69, 9.17) is 5.73 Å². The van der Waals surface area contributed by atoms with Gasteiger partial charge in [-0.2, -0.15) is 0 Å². The molecule has 0 amide bonds. The first-order valence-electron chi connectivity index (χ1n) is 5.75. The van der Waals surface area contributed by atoms with Crippen LogP contribution >= 0.6 is 0 Å². The summed E-state index contributed by atoms with van der Waals surface area (Å²) in [6.45, 7) is 0.413. The van der Waals surface area contributed by atoms with Crippen LogP contribution in [0.1, 0.15) is 5.69 Å². The summed E-state index contributed by atoms with van der Waals surface area (Å²) in [5.41, 5.74) is 8.46. The number of nitrogens with zero attached hydrogens (tertiary/aromatic N) is 3. The third kappa shape index (κ3) is 2.95. The van der Waals surface area contributed by atoms with Crippen molar-refractivity contribution in [3.63, 3.8) is 0 Å². The van der Waals surface area contributed by atoms with Crippen molar-refractivity contribution in [2.75, 3.05) is 24.3 Å². The molecule has 0 atom stereocenters. The fourth-order valence-electron chi connectivity index (χ4n) is 1.54. The van der Waals surface area contributed by atoms with Crippen LogP contribution in [0.15, 0.2) is 36.5 Å². The van der Waals surface area contributed by atoms with Crippen molar-refractivity contribution in [3.8, 4) is 0 Å². The van der Waals surface area contributed by atoms with Gasteiger partial charge in [-0.25, -0.2) is 9.97 Å². The fourth-order valence-corrected chi connectivity index (χ4v) is 1.54. The van der Waals surface area contributed by atoms with E-state index in [2.05, 4.69) is 20.2 Å². The predicted molar refractivity (Wildman–Crippen MR) is 74.0 cm³/mol. The lowest BCUT2D eigenvalue weighted by molar-refractivity contribution is 0.969. The summed E-state index contributed by atoms with van der Waals surface area (Å²) in [5.74, 6) is 0.565. The van der Waals surface area contributed by atoms with Gasteiger partial charge in [-0.3, -0.25) is 0 Å². The monoisotopic (exact) mass is 243 g/mol. The molecule has 0 fully saturated rings. The largest absolute Gasteiger partial charge is 0.378 e. The number of aromatic nitrogens is 2. The van der Waals surface area contributed by atoms with E-state index in [9.17, 15) is 0 Å². The van der Waals surface area contributed by atoms with E-state index in [1.807, 2.05) is 38.4 Å². The Labute approximate surface area is 107 Å². The second kappa shape index (κ2) is 5.46. The Balaban J connectivity index is 2.13. The van der Waals surface area contributed by atoms with Crippen LogP contribution in [0.25, 0.3) is 0 Å². The van der Waals surface area contributed by atoms with Crippen LogP contribution in [0, 0.1) is 0 Å². The number of benzene rings is 1. The van der Waals surface area contributed by atoms with Gasteiger partial charge in [0.25, 0.3) is 0 Å². The first-order chi connectivity index (χ1) is 8.69. The predicted octanol–water partition coefficient (Wildman–Crippen LogP) is 1.74. The van der Waals surface area contributed by atoms with E-state index < -0.39 is 0 Å². The molecule has 2 rings (SSSR count). The molecule has 0 saturated carbocycles. The standard InChI is InChI=1S/C13H17N5/c1-18(2)12-5-3-10(4-6-12)16-13-15-8-7-11(9-14)17-13/h3-8H,9,14H2,1-2H3,(H,15,16,17). The Morgan fingerprint density at radius 1 is 1.17 bits per heavy atom. The highest BCUT2D eigenvalue weighted by molar-refractivity contribution is 5.58. The van der Waals surface area contributed by atoms with Crippen molar-refractivity contribution in [3.05, 3.63) is 42.2 Å². The first kappa shape index (κ1) is 12.3. The van der Waals surface area contributed by atoms with E-state index in [1.165, 1.54) is 0 Å². The molecule has 3 N–H and O–H groups in total. The molecular weight excluding hydrogens is 226 g/mol. The van der Waals surface area contributed by atoms with Crippen LogP contribution in [-0.4, -0.2) is 24.1 Å². The zero-order valence-corrected chi connectivity index (χ0v) is 10.6. The average molecular weight is 243 g/mol. The van der Waals surface area contributed by atoms with E-state index in [0.29, 0.717) is 12.5 Å². The maximum Gasteiger partial charge on any atom is 0.227 e. The molecule has 0 unspecified atom stereocenters. The van der Waals surface area contributed by atoms with Crippen LogP contribution in [0.3, 0.4) is 0 Å². The zero-order valence-electron chi connectivity index (χ0n) is 10.6. The molecule has 1 aromatic heterocycles. The molecule has 0 aliphatic heterocycles. The van der Waals surface area contributed by atoms with Crippen molar-refractivity contribution in [1.29, 1.82) is 0 Å². The summed E-state index contributed by atoms with van der Waals surface area (Å²) in [6, 6.07) is 9.87. The van der Waals surface area contributed by atoms with Crippen LogP contribution in [0.2, 0.25) is 0 Å². The second-order valence-electron chi connectivity index (χ2n) is 4.14. The number of hydrogen-bond acceptors (Lipinski definition) is 5. The van der Waals surface area contributed by atoms with Crippen molar-refractivity contribution in [2.45, 2.75) is 6.54 Å². The summed E-state index contributed by atoms with van der Waals surface area (Å²) >= 11 is 0. The van der Waals surface area contributed by atoms with Gasteiger partial charge in [0.1, 0.15) is 0 Å². The zero-order chi connectivity index (χ0) is 13.0. The Bertz CT molecular complexity index is 507. The summed E-state index contributed by atoms with van der Waals surface area (Å²) in [6.07, 6.45) is 1.70. The third-order valence-electron chi connectivity index (χ3n) is 2.56. The lowest BCUT2D eigenvalue weighted by Crippen LogP contribution is -2.08. The summed E-state index contributed by atoms with van der Waals surface area (Å²) in [7, 11) is 4.02. The maximum absolute atomic E-state index is 5.54. The highest BCUT2D eigenvalue weighted by Gasteiger charge is 2.00. The van der Waals surface area contributed by atoms with E-state index in [0.717, 1.165) is 17.1 Å². The summed E-state index contributed by atoms with van der Waals surface area (Å²) in [4.78, 5) is 10.5. The highest BCUT2D eigenvalue weighted by atomic mass is 15.1. The Kier molecular flexibility index (Phi) is 3.74. The van der Waals surface area contributed by atoms with Gasteiger partial charge in [0, 0.05) is 38.2 Å². The van der Waals surface area contributed by atoms with Gasteiger partial charge in [0.15, 0.2) is 0 Å². The molecule has 0 aliphatic rings. The minimum atomic E-state index is 0.413. The Morgan fingerprint density at radius 2 is 1.89 bits per heavy atom. The molecule has 5 nitrogen and oxygen atoms in total. The molecule has 2 aromatic rings. The molecule has 5 heteroatoms. The fraction of sp³-hybridized carbons (Fsp3) is 0.231. The van der Waals surface area contributed by atoms with Crippen molar-refractivity contribution < 1.29 is 0 Å². The topological polar surface area (TPSA) is 67.1 Å². The van der Waals surface area contributed by atoms with Gasteiger partial charge >= 0.3 is 0 Å². The van der Waals surface area contributed by atoms with E-state index in [-0.39, 0.29) is 0 Å². The van der Waals surface area contributed by atoms with Gasteiger partial charge in [-0.1, -0.05) is 0 Å². The van der Waals surface area contributed by atoms with Crippen molar-refractivity contribution >= 4 is 17.3 Å². The molecule has 0 saturated heterocycles. The molecule has 0 spiro atoms. The highest BCUT2D eigenvalue weighted by Crippen LogP contribution is 2.17. The first-order valence-corrected chi connectivity index (χ1v) is 5.75. The minimum Gasteiger partial charge on any atom is -0.378 e. The smallest absolute Gasteiger partial charge is 0.227 e. The minimum absolute atomic E-state index is 0.413. The third-order valence-corrected chi connectivity index (χ3v) is 2.56. The quantitative estimate of drug-likeness (QED) is 0.856. The number of anilines is 3. The maximum atomic E-state index is 5.54. The van der Waals surface area contributed by atoms with Gasteiger partial charge in [0.2, 0.25) is 5.95 Å². The molecular formula is C13H17N5. The number of hydrogen-bond donors (Lipinski definition) is 2. The van der Waals surface area contributed by atoms with Gasteiger partial charge in [-0.05, 0) is 30.3 Å². The molecule has 1 heterocycles. The molecule has 0 aliphatic carbocycles. The normalized spacial score (nSPS) is 10.2. The van der Waals surface area contributed by atoms with Gasteiger partial charge in [0.05, 0.1) is 5.69 Å². The lowest BCUT2D eigenvalue weighted by Gasteiger charge is -2.13. The van der Waals surface area contributed by atoms with E-state index >= 15 is 0 Å². The van der Waals surface area contributed by atoms with Gasteiger partial charge < -0.3 is 16.0 Å². The molecule has 0 bridgehead atoms. The summed E-state index contributed by atoms with van der Waals surface area (Å²) in [5, 5.41) is 3.15. The van der Waals surface area contributed by atoms with Crippen molar-refractivity contribution in [2.24, 2.45) is 5.73 Å². The SMILES string of the molecule is CN(C)c1ccc(Nc2nccc(CN)n2)cc1. The summed E-state index contributed by atoms with van der Waals surface area (Å²) < 4.78 is 0. The van der Waals surface area contributed by atoms with E-state index in [1.54, 1.807) is 12.3 Å².